The minimum atomic E-state index is -0.782. The van der Waals surface area contributed by atoms with Gasteiger partial charge >= 0.3 is 5.97 Å². The molecule has 0 unspecified atom stereocenters. The Balaban J connectivity index is 1.72. The van der Waals surface area contributed by atoms with Gasteiger partial charge in [-0.3, -0.25) is 14.3 Å². The molecule has 0 saturated carbocycles. The van der Waals surface area contributed by atoms with Crippen molar-refractivity contribution in [3.63, 3.8) is 0 Å². The third-order valence-corrected chi connectivity index (χ3v) is 6.07. The maximum atomic E-state index is 13.8. The Kier molecular flexibility index (Phi) is 6.72. The highest BCUT2D eigenvalue weighted by Crippen LogP contribution is 2.37. The molecule has 0 amide bonds. The van der Waals surface area contributed by atoms with Gasteiger partial charge < -0.3 is 14.2 Å². The number of pyridine rings is 2. The molecule has 0 N–H and O–H groups in total. The van der Waals surface area contributed by atoms with E-state index in [1.54, 1.807) is 25.3 Å². The lowest BCUT2D eigenvalue weighted by Crippen LogP contribution is -2.29. The molecule has 2 aromatic carbocycles. The van der Waals surface area contributed by atoms with E-state index in [2.05, 4.69) is 11.6 Å². The molecule has 2 aromatic heterocycles. The van der Waals surface area contributed by atoms with Crippen LogP contribution >= 0.6 is 0 Å². The summed E-state index contributed by atoms with van der Waals surface area (Å²) >= 11 is 0. The second kappa shape index (κ2) is 10.3. The van der Waals surface area contributed by atoms with Crippen LogP contribution in [0.5, 0.6) is 11.5 Å². The molecule has 7 nitrogen and oxygen atoms in total. The molecule has 4 aromatic rings. The van der Waals surface area contributed by atoms with E-state index in [-0.39, 0.29) is 43.5 Å². The summed E-state index contributed by atoms with van der Waals surface area (Å²) in [5, 5.41) is 0. The predicted octanol–water partition coefficient (Wildman–Crippen LogP) is 4.83. The highest BCUT2D eigenvalue weighted by atomic mass is 19.1. The van der Waals surface area contributed by atoms with Crippen molar-refractivity contribution >= 4 is 17.0 Å². The van der Waals surface area contributed by atoms with Crippen molar-refractivity contribution in [1.29, 1.82) is 0 Å². The van der Waals surface area contributed by atoms with Gasteiger partial charge in [0.2, 0.25) is 0 Å². The Morgan fingerprint density at radius 1 is 1.14 bits per heavy atom. The third-order valence-electron chi connectivity index (χ3n) is 6.07. The second-order valence-corrected chi connectivity index (χ2v) is 8.74. The molecule has 5 rings (SSSR count). The minimum absolute atomic E-state index is 0.0456. The molecule has 3 heterocycles. The summed E-state index contributed by atoms with van der Waals surface area (Å²) in [4.78, 5) is 31.4. The molecule has 0 fully saturated rings. The zero-order valence-corrected chi connectivity index (χ0v) is 20.3. The first kappa shape index (κ1) is 24.2. The molecule has 188 valence electrons. The quantitative estimate of drug-likeness (QED) is 0.267. The van der Waals surface area contributed by atoms with Crippen LogP contribution in [0.1, 0.15) is 34.0 Å². The highest BCUT2D eigenvalue weighted by molar-refractivity contribution is 6.00. The van der Waals surface area contributed by atoms with Crippen LogP contribution < -0.4 is 15.0 Å². The molecule has 8 heteroatoms. The number of hydrogen-bond acceptors (Lipinski definition) is 6. The van der Waals surface area contributed by atoms with E-state index in [0.717, 1.165) is 11.1 Å². The number of aromatic nitrogens is 2. The molecule has 0 atom stereocenters. The van der Waals surface area contributed by atoms with Crippen molar-refractivity contribution in [2.24, 2.45) is 0 Å². The number of carbonyl (C=O) groups is 1. The van der Waals surface area contributed by atoms with Gasteiger partial charge in [0.15, 0.2) is 17.1 Å². The minimum Gasteiger partial charge on any atom is -0.487 e. The van der Waals surface area contributed by atoms with E-state index in [9.17, 15) is 14.0 Å². The van der Waals surface area contributed by atoms with Gasteiger partial charge in [0, 0.05) is 18.2 Å². The molecule has 1 aliphatic rings. The number of esters is 1. The first-order valence-electron chi connectivity index (χ1n) is 11.9. The highest BCUT2D eigenvalue weighted by Gasteiger charge is 2.30. The first-order valence-corrected chi connectivity index (χ1v) is 11.9. The maximum absolute atomic E-state index is 13.8. The van der Waals surface area contributed by atoms with Crippen LogP contribution in [0.2, 0.25) is 0 Å². The van der Waals surface area contributed by atoms with Gasteiger partial charge in [-0.1, -0.05) is 49.0 Å². The van der Waals surface area contributed by atoms with Crippen molar-refractivity contribution < 1.29 is 23.4 Å². The fraction of sp³-hybridized carbons (Fsp3) is 0.207. The molecule has 0 radical (unpaired) electrons. The monoisotopic (exact) mass is 500 g/mol. The van der Waals surface area contributed by atoms with Crippen LogP contribution in [0.4, 0.5) is 4.39 Å². The van der Waals surface area contributed by atoms with Crippen molar-refractivity contribution in [2.45, 2.75) is 26.5 Å². The van der Waals surface area contributed by atoms with Gasteiger partial charge in [-0.15, -0.1) is 0 Å². The normalized spacial score (nSPS) is 12.6. The molecular weight excluding hydrogens is 475 g/mol. The Hall–Kier alpha value is -4.46. The zero-order chi connectivity index (χ0) is 25.9. The number of benzene rings is 2. The molecule has 0 aliphatic carbocycles. The molecule has 0 saturated heterocycles. The number of ether oxygens (including phenoxy) is 3. The van der Waals surface area contributed by atoms with Gasteiger partial charge in [0.1, 0.15) is 30.1 Å². The van der Waals surface area contributed by atoms with Crippen molar-refractivity contribution in [3.05, 3.63) is 111 Å². The summed E-state index contributed by atoms with van der Waals surface area (Å²) in [5.74, 6) is -0.614. The Bertz CT molecular complexity index is 1550. The first-order chi connectivity index (χ1) is 18.0. The van der Waals surface area contributed by atoms with E-state index in [4.69, 9.17) is 14.2 Å². The molecule has 0 spiro atoms. The number of hydrogen-bond donors (Lipinski definition) is 0. The lowest BCUT2D eigenvalue weighted by atomic mass is 10.0. The average molecular weight is 501 g/mol. The standard InChI is InChI=1S/C29H25FN2O5/c1-3-35-29(34)23-27(37-17-20-7-5-4-6-8-20)24-25-26(36-16-18(2)15-32(25)28(23)33)21(14-31-24)13-19-9-11-22(30)12-10-19/h4-12,14H,2-3,13,15-17H2,1H3. The Labute approximate surface area is 212 Å². The molecule has 1 aliphatic heterocycles. The van der Waals surface area contributed by atoms with E-state index in [1.807, 2.05) is 30.3 Å². The van der Waals surface area contributed by atoms with E-state index in [1.165, 1.54) is 16.7 Å². The van der Waals surface area contributed by atoms with Crippen molar-refractivity contribution in [3.8, 4) is 11.5 Å². The van der Waals surface area contributed by atoms with E-state index >= 15 is 0 Å². The van der Waals surface area contributed by atoms with Crippen LogP contribution in [-0.2, 0) is 24.3 Å². The average Bonchev–Trinajstić information content (AvgIpc) is 3.08. The van der Waals surface area contributed by atoms with Crippen LogP contribution in [0, 0.1) is 5.82 Å². The Morgan fingerprint density at radius 3 is 2.62 bits per heavy atom. The molecule has 37 heavy (non-hydrogen) atoms. The second-order valence-electron chi connectivity index (χ2n) is 8.74. The fourth-order valence-electron chi connectivity index (χ4n) is 4.35. The van der Waals surface area contributed by atoms with Gasteiger partial charge in [-0.25, -0.2) is 9.18 Å². The number of carbonyl (C=O) groups excluding carboxylic acids is 1. The zero-order valence-electron chi connectivity index (χ0n) is 20.3. The summed E-state index contributed by atoms with van der Waals surface area (Å²) in [6.07, 6.45) is 2.04. The summed E-state index contributed by atoms with van der Waals surface area (Å²) in [5.41, 5.74) is 3.01. The molecular formula is C29H25FN2O5. The fourth-order valence-corrected chi connectivity index (χ4v) is 4.35. The third kappa shape index (κ3) is 4.82. The summed E-state index contributed by atoms with van der Waals surface area (Å²) in [7, 11) is 0. The van der Waals surface area contributed by atoms with Crippen LogP contribution in [0.3, 0.4) is 0 Å². The van der Waals surface area contributed by atoms with Crippen molar-refractivity contribution in [2.75, 3.05) is 13.2 Å². The smallest absolute Gasteiger partial charge is 0.347 e. The van der Waals surface area contributed by atoms with Gasteiger partial charge in [-0.05, 0) is 35.8 Å². The topological polar surface area (TPSA) is 79.7 Å². The predicted molar refractivity (Wildman–Crippen MR) is 137 cm³/mol. The number of rotatable bonds is 7. The van der Waals surface area contributed by atoms with E-state index < -0.39 is 11.5 Å². The molecule has 0 bridgehead atoms. The summed E-state index contributed by atoms with van der Waals surface area (Å²) in [6, 6.07) is 15.6. The van der Waals surface area contributed by atoms with Crippen LogP contribution in [0.15, 0.2) is 77.7 Å². The number of nitrogens with zero attached hydrogens (tertiary/aromatic N) is 2. The van der Waals surface area contributed by atoms with Gasteiger partial charge in [0.05, 0.1) is 13.2 Å². The van der Waals surface area contributed by atoms with Gasteiger partial charge in [0.25, 0.3) is 5.56 Å². The maximum Gasteiger partial charge on any atom is 0.347 e. The van der Waals surface area contributed by atoms with Gasteiger partial charge in [-0.2, -0.15) is 0 Å². The Morgan fingerprint density at radius 2 is 1.89 bits per heavy atom. The van der Waals surface area contributed by atoms with E-state index in [0.29, 0.717) is 34.3 Å². The van der Waals surface area contributed by atoms with Crippen LogP contribution in [0.25, 0.3) is 11.0 Å². The van der Waals surface area contributed by atoms with Crippen LogP contribution in [-0.4, -0.2) is 28.7 Å². The largest absolute Gasteiger partial charge is 0.487 e. The van der Waals surface area contributed by atoms with Crippen molar-refractivity contribution in [1.82, 2.24) is 9.55 Å². The summed E-state index contributed by atoms with van der Waals surface area (Å²) in [6.45, 7) is 6.24. The number of halogens is 1. The lowest BCUT2D eigenvalue weighted by Gasteiger charge is -2.18. The lowest BCUT2D eigenvalue weighted by molar-refractivity contribution is 0.0518. The SMILES string of the molecule is C=C1COc2c(Cc3ccc(F)cc3)cnc3c(OCc4ccccc4)c(C(=O)OCC)c(=O)n(c23)C1. The summed E-state index contributed by atoms with van der Waals surface area (Å²) < 4.78 is 32.4.